The van der Waals surface area contributed by atoms with Gasteiger partial charge in [0.1, 0.15) is 5.60 Å². The van der Waals surface area contributed by atoms with Gasteiger partial charge in [0.2, 0.25) is 0 Å². The number of nitrogens with one attached hydrogen (secondary N) is 1. The number of aromatic carboxylic acids is 1. The minimum atomic E-state index is -1.15. The summed E-state index contributed by atoms with van der Waals surface area (Å²) < 4.78 is 6.62. The van der Waals surface area contributed by atoms with Crippen molar-refractivity contribution in [2.45, 2.75) is 45.8 Å². The van der Waals surface area contributed by atoms with Crippen molar-refractivity contribution < 1.29 is 19.4 Å². The van der Waals surface area contributed by atoms with E-state index in [-0.39, 0.29) is 12.2 Å². The van der Waals surface area contributed by atoms with E-state index in [2.05, 4.69) is 15.6 Å². The minimum absolute atomic E-state index is 0.108. The molecule has 0 saturated heterocycles. The lowest BCUT2D eigenvalue weighted by molar-refractivity contribution is 0.0528. The molecule has 0 bridgehead atoms. The van der Waals surface area contributed by atoms with Crippen molar-refractivity contribution in [2.24, 2.45) is 5.73 Å². The van der Waals surface area contributed by atoms with E-state index in [1.807, 2.05) is 0 Å². The molecule has 124 valence electrons. The van der Waals surface area contributed by atoms with Crippen molar-refractivity contribution in [3.05, 3.63) is 11.4 Å². The lowest BCUT2D eigenvalue weighted by atomic mass is 10.2. The van der Waals surface area contributed by atoms with Crippen LogP contribution in [0.5, 0.6) is 0 Å². The van der Waals surface area contributed by atoms with Crippen molar-refractivity contribution in [3.8, 4) is 0 Å². The van der Waals surface area contributed by atoms with Crippen molar-refractivity contribution in [1.29, 1.82) is 0 Å². The molecule has 1 heterocycles. The third-order valence-electron chi connectivity index (χ3n) is 2.64. The van der Waals surface area contributed by atoms with Gasteiger partial charge in [-0.15, -0.1) is 5.10 Å². The number of ether oxygens (including phenoxy) is 1. The Labute approximate surface area is 128 Å². The smallest absolute Gasteiger partial charge is 0.407 e. The Hall–Kier alpha value is -2.16. The Kier molecular flexibility index (Phi) is 6.29. The molecule has 1 aromatic rings. The highest BCUT2D eigenvalue weighted by molar-refractivity contribution is 5.86. The second-order valence-electron chi connectivity index (χ2n) is 5.73. The predicted octanol–water partition coefficient (Wildman–Crippen LogP) is 0.392. The topological polar surface area (TPSA) is 132 Å². The first kappa shape index (κ1) is 17.9. The summed E-state index contributed by atoms with van der Waals surface area (Å²) in [4.78, 5) is 22.7. The molecule has 0 saturated carbocycles. The van der Waals surface area contributed by atoms with Crippen LogP contribution in [0.2, 0.25) is 0 Å². The molecule has 0 fully saturated rings. The number of aromatic nitrogens is 3. The molecule has 0 radical (unpaired) electrons. The molecule has 1 amide bonds. The Morgan fingerprint density at radius 1 is 1.41 bits per heavy atom. The zero-order valence-electron chi connectivity index (χ0n) is 13.1. The highest BCUT2D eigenvalue weighted by atomic mass is 16.6. The summed E-state index contributed by atoms with van der Waals surface area (Å²) in [7, 11) is 0. The van der Waals surface area contributed by atoms with Gasteiger partial charge in [-0.05, 0) is 33.7 Å². The normalized spacial score (nSPS) is 11.3. The minimum Gasteiger partial charge on any atom is -0.476 e. The SMILES string of the molecule is CC(C)(C)OC(=O)NCCc1c(C(=O)O)nnn1CCCN. The summed E-state index contributed by atoms with van der Waals surface area (Å²) in [6.07, 6.45) is 0.401. The van der Waals surface area contributed by atoms with Gasteiger partial charge in [0, 0.05) is 19.5 Å². The quantitative estimate of drug-likeness (QED) is 0.663. The van der Waals surface area contributed by atoms with Gasteiger partial charge in [-0.25, -0.2) is 14.3 Å². The Balaban J connectivity index is 2.65. The van der Waals surface area contributed by atoms with E-state index < -0.39 is 17.7 Å². The fourth-order valence-electron chi connectivity index (χ4n) is 1.76. The molecule has 0 aromatic carbocycles. The van der Waals surface area contributed by atoms with Gasteiger partial charge >= 0.3 is 12.1 Å². The average molecular weight is 313 g/mol. The number of nitrogens with zero attached hydrogens (tertiary/aromatic N) is 3. The molecular weight excluding hydrogens is 290 g/mol. The number of nitrogens with two attached hydrogens (primary N) is 1. The van der Waals surface area contributed by atoms with Gasteiger partial charge in [-0.2, -0.15) is 0 Å². The first-order valence-electron chi connectivity index (χ1n) is 7.07. The second kappa shape index (κ2) is 7.74. The molecule has 0 aliphatic heterocycles. The Bertz CT molecular complexity index is 521. The number of hydrogen-bond acceptors (Lipinski definition) is 6. The highest BCUT2D eigenvalue weighted by Gasteiger charge is 2.20. The van der Waals surface area contributed by atoms with E-state index in [0.29, 0.717) is 31.6 Å². The number of aryl methyl sites for hydroxylation is 1. The van der Waals surface area contributed by atoms with Crippen molar-refractivity contribution in [1.82, 2.24) is 20.3 Å². The maximum atomic E-state index is 11.6. The standard InChI is InChI=1S/C13H23N5O4/c1-13(2,3)22-12(21)15-7-5-9-10(11(19)20)16-17-18(9)8-4-6-14/h4-8,14H2,1-3H3,(H,15,21)(H,19,20). The molecule has 0 aliphatic carbocycles. The van der Waals surface area contributed by atoms with E-state index in [1.165, 1.54) is 4.68 Å². The fraction of sp³-hybridized carbons (Fsp3) is 0.692. The zero-order chi connectivity index (χ0) is 16.8. The summed E-state index contributed by atoms with van der Waals surface area (Å²) in [5.74, 6) is -1.15. The maximum Gasteiger partial charge on any atom is 0.407 e. The second-order valence-corrected chi connectivity index (χ2v) is 5.73. The van der Waals surface area contributed by atoms with Gasteiger partial charge in [-0.1, -0.05) is 5.21 Å². The maximum absolute atomic E-state index is 11.6. The van der Waals surface area contributed by atoms with Crippen LogP contribution in [0.3, 0.4) is 0 Å². The van der Waals surface area contributed by atoms with Crippen LogP contribution in [0.25, 0.3) is 0 Å². The molecule has 0 atom stereocenters. The average Bonchev–Trinajstić information content (AvgIpc) is 2.77. The summed E-state index contributed by atoms with van der Waals surface area (Å²) >= 11 is 0. The van der Waals surface area contributed by atoms with Gasteiger partial charge in [0.15, 0.2) is 5.69 Å². The van der Waals surface area contributed by atoms with Gasteiger partial charge < -0.3 is 20.9 Å². The van der Waals surface area contributed by atoms with Crippen LogP contribution in [0, 0.1) is 0 Å². The van der Waals surface area contributed by atoms with E-state index in [9.17, 15) is 9.59 Å². The number of amides is 1. The molecule has 1 rings (SSSR count). The number of carbonyl (C=O) groups is 2. The predicted molar refractivity (Wildman–Crippen MR) is 78.6 cm³/mol. The summed E-state index contributed by atoms with van der Waals surface area (Å²) in [6, 6.07) is 0. The molecule has 0 unspecified atom stereocenters. The molecule has 9 nitrogen and oxygen atoms in total. The molecule has 9 heteroatoms. The number of carbonyl (C=O) groups excluding carboxylic acids is 1. The van der Waals surface area contributed by atoms with Crippen molar-refractivity contribution in [3.63, 3.8) is 0 Å². The molecular formula is C13H23N5O4. The number of alkyl carbamates (subject to hydrolysis) is 1. The van der Waals surface area contributed by atoms with Crippen LogP contribution in [-0.2, 0) is 17.7 Å². The Morgan fingerprint density at radius 3 is 2.64 bits per heavy atom. The molecule has 0 aliphatic rings. The van der Waals surface area contributed by atoms with Crippen LogP contribution >= 0.6 is 0 Å². The summed E-state index contributed by atoms with van der Waals surface area (Å²) in [5, 5.41) is 19.2. The lowest BCUT2D eigenvalue weighted by Crippen LogP contribution is -2.34. The first-order valence-corrected chi connectivity index (χ1v) is 7.07. The third kappa shape index (κ3) is 5.68. The highest BCUT2D eigenvalue weighted by Crippen LogP contribution is 2.08. The number of carboxylic acid groups (broad SMARTS) is 1. The van der Waals surface area contributed by atoms with Crippen LogP contribution in [0.1, 0.15) is 43.4 Å². The monoisotopic (exact) mass is 313 g/mol. The van der Waals surface area contributed by atoms with E-state index in [0.717, 1.165) is 0 Å². The number of rotatable bonds is 7. The molecule has 1 aromatic heterocycles. The van der Waals surface area contributed by atoms with E-state index in [1.54, 1.807) is 20.8 Å². The van der Waals surface area contributed by atoms with Gasteiger partial charge in [-0.3, -0.25) is 0 Å². The number of carboxylic acids is 1. The zero-order valence-corrected chi connectivity index (χ0v) is 13.1. The molecule has 0 spiro atoms. The van der Waals surface area contributed by atoms with Crippen molar-refractivity contribution in [2.75, 3.05) is 13.1 Å². The first-order chi connectivity index (χ1) is 10.2. The van der Waals surface area contributed by atoms with Crippen LogP contribution in [0.4, 0.5) is 4.79 Å². The van der Waals surface area contributed by atoms with Crippen LogP contribution < -0.4 is 11.1 Å². The lowest BCUT2D eigenvalue weighted by Gasteiger charge is -2.19. The van der Waals surface area contributed by atoms with Crippen molar-refractivity contribution >= 4 is 12.1 Å². The largest absolute Gasteiger partial charge is 0.476 e. The van der Waals surface area contributed by atoms with Gasteiger partial charge in [0.05, 0.1) is 5.69 Å². The molecule has 22 heavy (non-hydrogen) atoms. The van der Waals surface area contributed by atoms with Crippen LogP contribution in [-0.4, -0.2) is 50.9 Å². The Morgan fingerprint density at radius 2 is 2.09 bits per heavy atom. The molecule has 4 N–H and O–H groups in total. The fourth-order valence-corrected chi connectivity index (χ4v) is 1.76. The third-order valence-corrected chi connectivity index (χ3v) is 2.64. The number of hydrogen-bond donors (Lipinski definition) is 3. The van der Waals surface area contributed by atoms with E-state index in [4.69, 9.17) is 15.6 Å². The summed E-state index contributed by atoms with van der Waals surface area (Å²) in [5.41, 5.74) is 5.20. The van der Waals surface area contributed by atoms with E-state index >= 15 is 0 Å². The van der Waals surface area contributed by atoms with Crippen LogP contribution in [0.15, 0.2) is 0 Å². The summed E-state index contributed by atoms with van der Waals surface area (Å²) in [6.45, 7) is 6.48. The van der Waals surface area contributed by atoms with Gasteiger partial charge in [0.25, 0.3) is 0 Å².